The van der Waals surface area contributed by atoms with Crippen molar-refractivity contribution < 1.29 is 13.9 Å². The van der Waals surface area contributed by atoms with E-state index in [1.807, 2.05) is 48.5 Å². The van der Waals surface area contributed by atoms with Crippen LogP contribution in [-0.4, -0.2) is 20.1 Å². The Morgan fingerprint density at radius 3 is 2.39 bits per heavy atom. The van der Waals surface area contributed by atoms with Crippen LogP contribution in [0, 0.1) is 5.82 Å². The average molecular weight is 391 g/mol. The highest BCUT2D eigenvalue weighted by Crippen LogP contribution is 2.35. The molecule has 0 unspecified atom stereocenters. The fraction of sp³-hybridized carbons (Fsp3) is 0.0870. The molecule has 0 fully saturated rings. The molecule has 1 aromatic heterocycles. The zero-order chi connectivity index (χ0) is 19.7. The molecule has 5 heteroatoms. The minimum absolute atomic E-state index is 0.0728. The first-order valence-electron chi connectivity index (χ1n) is 8.77. The second-order valence-electron chi connectivity index (χ2n) is 6.40. The predicted octanol–water partition coefficient (Wildman–Crippen LogP) is 5.99. The van der Waals surface area contributed by atoms with Crippen molar-refractivity contribution in [2.24, 2.45) is 0 Å². The Morgan fingerprint density at radius 2 is 1.71 bits per heavy atom. The zero-order valence-corrected chi connectivity index (χ0v) is 16.3. The molecule has 0 radical (unpaired) electrons. The maximum absolute atomic E-state index is 13.3. The topological polar surface area (TPSA) is 29.5 Å². The van der Waals surface area contributed by atoms with Gasteiger partial charge in [-0.05, 0) is 59.7 Å². The molecule has 0 spiro atoms. The molecule has 4 aromatic rings. The Morgan fingerprint density at radius 1 is 1.00 bits per heavy atom. The van der Waals surface area contributed by atoms with Gasteiger partial charge < -0.3 is 9.64 Å². The first kappa shape index (κ1) is 18.2. The molecule has 3 nitrogen and oxygen atoms in total. The van der Waals surface area contributed by atoms with E-state index in [1.54, 1.807) is 31.2 Å². The zero-order valence-electron chi connectivity index (χ0n) is 15.5. The highest BCUT2D eigenvalue weighted by molar-refractivity contribution is 7.21. The van der Waals surface area contributed by atoms with Crippen molar-refractivity contribution in [3.8, 4) is 16.9 Å². The quantitative estimate of drug-likeness (QED) is 0.427. The van der Waals surface area contributed by atoms with Gasteiger partial charge in [0.05, 0.1) is 12.0 Å². The van der Waals surface area contributed by atoms with E-state index < -0.39 is 0 Å². The molecule has 0 saturated carbocycles. The molecular weight excluding hydrogens is 373 g/mol. The number of rotatable bonds is 4. The van der Waals surface area contributed by atoms with Crippen molar-refractivity contribution >= 4 is 33.0 Å². The number of anilines is 1. The Bertz CT molecular complexity index is 1130. The van der Waals surface area contributed by atoms with E-state index >= 15 is 0 Å². The molecule has 1 amide bonds. The van der Waals surface area contributed by atoms with E-state index in [9.17, 15) is 9.18 Å². The third-order valence-electron chi connectivity index (χ3n) is 4.69. The fourth-order valence-corrected chi connectivity index (χ4v) is 4.20. The van der Waals surface area contributed by atoms with Crippen LogP contribution in [0.2, 0.25) is 0 Å². The molecule has 1 heterocycles. The van der Waals surface area contributed by atoms with Crippen molar-refractivity contribution in [2.75, 3.05) is 19.1 Å². The molecule has 140 valence electrons. The number of fused-ring (bicyclic) bond motifs is 1. The van der Waals surface area contributed by atoms with Gasteiger partial charge >= 0.3 is 0 Å². The Balaban J connectivity index is 1.70. The van der Waals surface area contributed by atoms with Gasteiger partial charge in [0.2, 0.25) is 0 Å². The fourth-order valence-electron chi connectivity index (χ4n) is 3.14. The molecule has 0 saturated heterocycles. The molecular formula is C23H18FNO2S. The van der Waals surface area contributed by atoms with Gasteiger partial charge in [0, 0.05) is 22.8 Å². The molecule has 0 aliphatic heterocycles. The third-order valence-corrected chi connectivity index (χ3v) is 5.78. The number of halogens is 1. The molecule has 0 N–H and O–H groups in total. The largest absolute Gasteiger partial charge is 0.497 e. The lowest BCUT2D eigenvalue weighted by Gasteiger charge is -2.16. The summed E-state index contributed by atoms with van der Waals surface area (Å²) in [5.41, 5.74) is 2.70. The first-order valence-corrected chi connectivity index (χ1v) is 9.59. The van der Waals surface area contributed by atoms with Crippen molar-refractivity contribution in [3.05, 3.63) is 83.5 Å². The molecule has 0 aliphatic carbocycles. The number of methoxy groups -OCH3 is 1. The molecule has 4 rings (SSSR count). The molecule has 0 bridgehead atoms. The van der Waals surface area contributed by atoms with Gasteiger partial charge in [-0.15, -0.1) is 11.3 Å². The summed E-state index contributed by atoms with van der Waals surface area (Å²) in [6.45, 7) is 0. The normalized spacial score (nSPS) is 10.8. The van der Waals surface area contributed by atoms with Crippen LogP contribution >= 0.6 is 11.3 Å². The summed E-state index contributed by atoms with van der Waals surface area (Å²) >= 11 is 1.46. The molecule has 3 aromatic carbocycles. The van der Waals surface area contributed by atoms with Gasteiger partial charge in [-0.1, -0.05) is 24.3 Å². The summed E-state index contributed by atoms with van der Waals surface area (Å²) < 4.78 is 19.5. The number of amides is 1. The predicted molar refractivity (Wildman–Crippen MR) is 113 cm³/mol. The van der Waals surface area contributed by atoms with Crippen LogP contribution in [-0.2, 0) is 0 Å². The number of carbonyl (C=O) groups excluding carboxylic acids is 1. The van der Waals surface area contributed by atoms with E-state index in [0.717, 1.165) is 32.6 Å². The van der Waals surface area contributed by atoms with Crippen LogP contribution in [0.5, 0.6) is 5.75 Å². The number of benzene rings is 3. The van der Waals surface area contributed by atoms with E-state index in [0.29, 0.717) is 4.88 Å². The van der Waals surface area contributed by atoms with Crippen molar-refractivity contribution in [3.63, 3.8) is 0 Å². The van der Waals surface area contributed by atoms with E-state index in [-0.39, 0.29) is 11.7 Å². The lowest BCUT2D eigenvalue weighted by molar-refractivity contribution is 0.0997. The SMILES string of the molecule is COc1ccc(N(C)C(=O)c2cc3c(-c4ccc(F)cc4)cccc3s2)cc1. The summed E-state index contributed by atoms with van der Waals surface area (Å²) in [6, 6.07) is 21.6. The van der Waals surface area contributed by atoms with Crippen LogP contribution in [0.25, 0.3) is 21.2 Å². The number of hydrogen-bond donors (Lipinski definition) is 0. The summed E-state index contributed by atoms with van der Waals surface area (Å²) in [7, 11) is 3.37. The van der Waals surface area contributed by atoms with Crippen molar-refractivity contribution in [1.29, 1.82) is 0 Å². The molecule has 0 atom stereocenters. The second kappa shape index (κ2) is 7.44. The number of hydrogen-bond acceptors (Lipinski definition) is 3. The number of nitrogens with zero attached hydrogens (tertiary/aromatic N) is 1. The standard InChI is InChI=1S/C23H18FNO2S/c1-25(17-10-12-18(27-2)13-11-17)23(26)22-14-20-19(4-3-5-21(20)28-22)15-6-8-16(24)9-7-15/h3-14H,1-2H3. The Kier molecular flexibility index (Phi) is 4.84. The average Bonchev–Trinajstić information content (AvgIpc) is 3.18. The van der Waals surface area contributed by atoms with E-state index in [4.69, 9.17) is 4.74 Å². The van der Waals surface area contributed by atoms with Gasteiger partial charge in [0.15, 0.2) is 0 Å². The summed E-state index contributed by atoms with van der Waals surface area (Å²) in [4.78, 5) is 15.3. The van der Waals surface area contributed by atoms with Crippen molar-refractivity contribution in [2.45, 2.75) is 0 Å². The monoisotopic (exact) mass is 391 g/mol. The van der Waals surface area contributed by atoms with Gasteiger partial charge in [-0.3, -0.25) is 4.79 Å². The Labute approximate surface area is 166 Å². The van der Waals surface area contributed by atoms with E-state index in [1.165, 1.54) is 23.5 Å². The van der Waals surface area contributed by atoms with Crippen molar-refractivity contribution in [1.82, 2.24) is 0 Å². The minimum Gasteiger partial charge on any atom is -0.497 e. The number of thiophene rings is 1. The highest BCUT2D eigenvalue weighted by atomic mass is 32.1. The smallest absolute Gasteiger partial charge is 0.268 e. The molecule has 0 aliphatic rings. The summed E-state index contributed by atoms with van der Waals surface area (Å²) in [5, 5.41) is 0.991. The van der Waals surface area contributed by atoms with Crippen LogP contribution in [0.15, 0.2) is 72.8 Å². The maximum atomic E-state index is 13.3. The number of ether oxygens (including phenoxy) is 1. The van der Waals surface area contributed by atoms with Gasteiger partial charge in [-0.2, -0.15) is 0 Å². The second-order valence-corrected chi connectivity index (χ2v) is 7.48. The first-order chi connectivity index (χ1) is 13.6. The van der Waals surface area contributed by atoms with Gasteiger partial charge in [0.25, 0.3) is 5.91 Å². The van der Waals surface area contributed by atoms with Gasteiger partial charge in [-0.25, -0.2) is 4.39 Å². The minimum atomic E-state index is -0.266. The van der Waals surface area contributed by atoms with Crippen LogP contribution in [0.3, 0.4) is 0 Å². The summed E-state index contributed by atoms with van der Waals surface area (Å²) in [5.74, 6) is 0.407. The lowest BCUT2D eigenvalue weighted by atomic mass is 10.0. The van der Waals surface area contributed by atoms with Crippen LogP contribution in [0.1, 0.15) is 9.67 Å². The van der Waals surface area contributed by atoms with E-state index in [2.05, 4.69) is 0 Å². The highest BCUT2D eigenvalue weighted by Gasteiger charge is 2.18. The van der Waals surface area contributed by atoms with Crippen LogP contribution in [0.4, 0.5) is 10.1 Å². The molecule has 28 heavy (non-hydrogen) atoms. The van der Waals surface area contributed by atoms with Gasteiger partial charge in [0.1, 0.15) is 11.6 Å². The summed E-state index contributed by atoms with van der Waals surface area (Å²) in [6.07, 6.45) is 0. The number of carbonyl (C=O) groups is 1. The van der Waals surface area contributed by atoms with Crippen LogP contribution < -0.4 is 9.64 Å². The Hall–Kier alpha value is -3.18. The third kappa shape index (κ3) is 3.37. The maximum Gasteiger partial charge on any atom is 0.268 e. The lowest BCUT2D eigenvalue weighted by Crippen LogP contribution is -2.25.